The van der Waals surface area contributed by atoms with Crippen LogP contribution in [0.15, 0.2) is 15.9 Å². The number of carbonyl (C=O) groups excluding carboxylic acids is 2. The molecule has 1 aliphatic rings. The van der Waals surface area contributed by atoms with E-state index in [9.17, 15) is 9.59 Å². The van der Waals surface area contributed by atoms with Gasteiger partial charge in [-0.3, -0.25) is 9.59 Å². The average Bonchev–Trinajstić information content (AvgIpc) is 2.76. The molecule has 1 aromatic rings. The molecule has 2 atom stereocenters. The lowest BCUT2D eigenvalue weighted by molar-refractivity contribution is -0.149. The highest BCUT2D eigenvalue weighted by Crippen LogP contribution is 2.24. The molecule has 1 saturated heterocycles. The molecule has 0 spiro atoms. The normalized spacial score (nSPS) is 23.6. The summed E-state index contributed by atoms with van der Waals surface area (Å²) < 4.78 is 1.02. The molecule has 2 unspecified atom stereocenters. The summed E-state index contributed by atoms with van der Waals surface area (Å²) in [5.41, 5.74) is 0. The number of thiophene rings is 1. The van der Waals surface area contributed by atoms with Crippen LogP contribution < -0.4 is 5.32 Å². The summed E-state index contributed by atoms with van der Waals surface area (Å²) in [4.78, 5) is 27.1. The highest BCUT2D eigenvalue weighted by atomic mass is 79.9. The summed E-state index contributed by atoms with van der Waals surface area (Å²) in [5, 5.41) is 4.74. The topological polar surface area (TPSA) is 49.4 Å². The van der Waals surface area contributed by atoms with Crippen LogP contribution in [0, 0.1) is 0 Å². The molecule has 1 N–H and O–H groups in total. The van der Waals surface area contributed by atoms with Crippen LogP contribution in [0.3, 0.4) is 0 Å². The second-order valence-corrected chi connectivity index (χ2v) is 6.64. The minimum atomic E-state index is -0.427. The van der Waals surface area contributed by atoms with Gasteiger partial charge in [0.2, 0.25) is 11.8 Å². The first kappa shape index (κ1) is 14.5. The van der Waals surface area contributed by atoms with Gasteiger partial charge in [0.15, 0.2) is 0 Å². The summed E-state index contributed by atoms with van der Waals surface area (Å²) >= 11 is 5.00. The van der Waals surface area contributed by atoms with Crippen LogP contribution >= 0.6 is 27.3 Å². The molecule has 0 saturated carbocycles. The van der Waals surface area contributed by atoms with Crippen LogP contribution in [-0.2, 0) is 16.1 Å². The Balaban J connectivity index is 2.20. The zero-order valence-corrected chi connectivity index (χ0v) is 13.4. The van der Waals surface area contributed by atoms with Crippen molar-refractivity contribution < 1.29 is 9.59 Å². The van der Waals surface area contributed by atoms with Gasteiger partial charge < -0.3 is 10.2 Å². The van der Waals surface area contributed by atoms with Gasteiger partial charge in [0.1, 0.15) is 12.1 Å². The Kier molecular flexibility index (Phi) is 4.62. The van der Waals surface area contributed by atoms with Crippen molar-refractivity contribution >= 4 is 39.1 Å². The number of amides is 2. The van der Waals surface area contributed by atoms with Crippen LogP contribution in [0.25, 0.3) is 0 Å². The number of nitrogens with zero attached hydrogens (tertiary/aromatic N) is 1. The molecule has 0 bridgehead atoms. The SMILES string of the molecule is CCCC1C(=O)NC(C)C(=O)N1Cc1cc(Br)cs1. The number of nitrogens with one attached hydrogen (secondary N) is 1. The smallest absolute Gasteiger partial charge is 0.245 e. The maximum Gasteiger partial charge on any atom is 0.245 e. The molecular weight excluding hydrogens is 328 g/mol. The van der Waals surface area contributed by atoms with E-state index in [4.69, 9.17) is 0 Å². The summed E-state index contributed by atoms with van der Waals surface area (Å²) in [5.74, 6) is -0.0351. The van der Waals surface area contributed by atoms with E-state index in [1.165, 1.54) is 0 Å². The molecule has 0 radical (unpaired) electrons. The lowest BCUT2D eigenvalue weighted by Gasteiger charge is -2.37. The molecule has 2 amide bonds. The van der Waals surface area contributed by atoms with Crippen molar-refractivity contribution in [3.8, 4) is 0 Å². The quantitative estimate of drug-likeness (QED) is 0.912. The number of hydrogen-bond acceptors (Lipinski definition) is 3. The van der Waals surface area contributed by atoms with Crippen molar-refractivity contribution in [2.45, 2.75) is 45.3 Å². The molecule has 0 aromatic carbocycles. The van der Waals surface area contributed by atoms with Gasteiger partial charge in [-0.2, -0.15) is 0 Å². The van der Waals surface area contributed by atoms with Crippen molar-refractivity contribution in [3.05, 3.63) is 20.8 Å². The zero-order chi connectivity index (χ0) is 14.0. The van der Waals surface area contributed by atoms with Gasteiger partial charge in [0.25, 0.3) is 0 Å². The number of carbonyl (C=O) groups is 2. The third-order valence-electron chi connectivity index (χ3n) is 3.20. The molecule has 0 aliphatic carbocycles. The zero-order valence-electron chi connectivity index (χ0n) is 11.0. The van der Waals surface area contributed by atoms with Crippen molar-refractivity contribution in [3.63, 3.8) is 0 Å². The minimum Gasteiger partial charge on any atom is -0.343 e. The predicted molar refractivity (Wildman–Crippen MR) is 78.9 cm³/mol. The highest BCUT2D eigenvalue weighted by Gasteiger charge is 2.37. The summed E-state index contributed by atoms with van der Waals surface area (Å²) in [6.45, 7) is 4.27. The molecule has 19 heavy (non-hydrogen) atoms. The molecule has 6 heteroatoms. The molecular formula is C13H17BrN2O2S. The Hall–Kier alpha value is -0.880. The second kappa shape index (κ2) is 6.05. The Morgan fingerprint density at radius 1 is 1.47 bits per heavy atom. The number of hydrogen-bond donors (Lipinski definition) is 1. The first-order chi connectivity index (χ1) is 9.02. The number of halogens is 1. The lowest BCUT2D eigenvalue weighted by atomic mass is 10.0. The number of piperazine rings is 1. The Labute approximate surface area is 125 Å². The van der Waals surface area contributed by atoms with E-state index in [2.05, 4.69) is 21.2 Å². The maximum atomic E-state index is 12.3. The first-order valence-electron chi connectivity index (χ1n) is 6.36. The predicted octanol–water partition coefficient (Wildman–Crippen LogP) is 2.53. The monoisotopic (exact) mass is 344 g/mol. The van der Waals surface area contributed by atoms with Gasteiger partial charge in [-0.25, -0.2) is 0 Å². The molecule has 4 nitrogen and oxygen atoms in total. The van der Waals surface area contributed by atoms with Crippen LogP contribution in [0.5, 0.6) is 0 Å². The second-order valence-electron chi connectivity index (χ2n) is 4.73. The van der Waals surface area contributed by atoms with Gasteiger partial charge in [-0.1, -0.05) is 13.3 Å². The fourth-order valence-corrected chi connectivity index (χ4v) is 3.72. The van der Waals surface area contributed by atoms with Crippen molar-refractivity contribution in [2.24, 2.45) is 0 Å². The van der Waals surface area contributed by atoms with E-state index in [0.717, 1.165) is 15.8 Å². The maximum absolute atomic E-state index is 12.3. The molecule has 1 aliphatic heterocycles. The summed E-state index contributed by atoms with van der Waals surface area (Å²) in [6.07, 6.45) is 1.58. The van der Waals surface area contributed by atoms with Crippen LogP contribution in [-0.4, -0.2) is 28.8 Å². The van der Waals surface area contributed by atoms with Gasteiger partial charge in [-0.15, -0.1) is 11.3 Å². The molecule has 1 fully saturated rings. The van der Waals surface area contributed by atoms with Crippen molar-refractivity contribution in [1.29, 1.82) is 0 Å². The molecule has 1 aromatic heterocycles. The fourth-order valence-electron chi connectivity index (χ4n) is 2.27. The summed E-state index contributed by atoms with van der Waals surface area (Å²) in [6, 6.07) is 1.23. The summed E-state index contributed by atoms with van der Waals surface area (Å²) in [7, 11) is 0. The average molecular weight is 345 g/mol. The third kappa shape index (κ3) is 3.17. The van der Waals surface area contributed by atoms with E-state index in [1.807, 2.05) is 18.4 Å². The minimum absolute atomic E-state index is 0.00238. The third-order valence-corrected chi connectivity index (χ3v) is 4.88. The van der Waals surface area contributed by atoms with Gasteiger partial charge in [0, 0.05) is 14.7 Å². The highest BCUT2D eigenvalue weighted by molar-refractivity contribution is 9.10. The van der Waals surface area contributed by atoms with E-state index >= 15 is 0 Å². The molecule has 2 rings (SSSR count). The Morgan fingerprint density at radius 2 is 2.21 bits per heavy atom. The van der Waals surface area contributed by atoms with E-state index < -0.39 is 6.04 Å². The van der Waals surface area contributed by atoms with E-state index in [0.29, 0.717) is 13.0 Å². The van der Waals surface area contributed by atoms with Crippen LogP contribution in [0.2, 0.25) is 0 Å². The lowest BCUT2D eigenvalue weighted by Crippen LogP contribution is -2.61. The van der Waals surface area contributed by atoms with Crippen LogP contribution in [0.4, 0.5) is 0 Å². The van der Waals surface area contributed by atoms with Crippen molar-refractivity contribution in [1.82, 2.24) is 10.2 Å². The van der Waals surface area contributed by atoms with Gasteiger partial charge in [0.05, 0.1) is 6.54 Å². The van der Waals surface area contributed by atoms with Crippen LogP contribution in [0.1, 0.15) is 31.6 Å². The molecule has 2 heterocycles. The van der Waals surface area contributed by atoms with E-state index in [1.54, 1.807) is 23.2 Å². The Bertz CT molecular complexity index is 489. The van der Waals surface area contributed by atoms with Gasteiger partial charge >= 0.3 is 0 Å². The number of rotatable bonds is 4. The molecule has 104 valence electrons. The van der Waals surface area contributed by atoms with Crippen molar-refractivity contribution in [2.75, 3.05) is 0 Å². The Morgan fingerprint density at radius 3 is 2.79 bits per heavy atom. The standard InChI is InChI=1S/C13H17BrN2O2S/c1-3-4-11-12(17)15-8(2)13(18)16(11)6-10-5-9(14)7-19-10/h5,7-8,11H,3-4,6H2,1-2H3,(H,15,17). The van der Waals surface area contributed by atoms with E-state index in [-0.39, 0.29) is 17.9 Å². The fraction of sp³-hybridized carbons (Fsp3) is 0.538. The van der Waals surface area contributed by atoms with Gasteiger partial charge in [-0.05, 0) is 35.3 Å². The first-order valence-corrected chi connectivity index (χ1v) is 8.04. The largest absolute Gasteiger partial charge is 0.343 e.